The van der Waals surface area contributed by atoms with Gasteiger partial charge in [-0.1, -0.05) is 23.4 Å². The van der Waals surface area contributed by atoms with Gasteiger partial charge in [0.15, 0.2) is 11.6 Å². The molecule has 9 heteroatoms. The highest BCUT2D eigenvalue weighted by molar-refractivity contribution is 8.00. The van der Waals surface area contributed by atoms with E-state index in [9.17, 15) is 23.2 Å². The number of esters is 1. The van der Waals surface area contributed by atoms with Crippen molar-refractivity contribution in [2.45, 2.75) is 11.9 Å². The lowest BCUT2D eigenvalue weighted by molar-refractivity contribution is -0.113. The summed E-state index contributed by atoms with van der Waals surface area (Å²) in [6.45, 7) is 1.82. The number of fused-ring (bicyclic) bond motifs is 1. The van der Waals surface area contributed by atoms with Crippen molar-refractivity contribution in [2.24, 2.45) is 0 Å². The summed E-state index contributed by atoms with van der Waals surface area (Å²) in [7, 11) is 1.16. The van der Waals surface area contributed by atoms with E-state index in [4.69, 9.17) is 4.74 Å². The smallest absolute Gasteiger partial charge is 0.344 e. The van der Waals surface area contributed by atoms with Crippen LogP contribution >= 0.6 is 11.8 Å². The molecule has 1 heterocycles. The number of carbonyl (C=O) groups is 2. The van der Waals surface area contributed by atoms with E-state index in [1.165, 1.54) is 6.07 Å². The molecule has 3 aromatic rings. The van der Waals surface area contributed by atoms with Gasteiger partial charge in [0.05, 0.1) is 23.4 Å². The van der Waals surface area contributed by atoms with Crippen LogP contribution in [0.4, 0.5) is 14.5 Å². The normalized spacial score (nSPS) is 10.8. The first-order valence-electron chi connectivity index (χ1n) is 8.43. The number of carbonyl (C=O) groups excluding carboxylic acids is 2. The molecule has 2 N–H and O–H groups in total. The predicted molar refractivity (Wildman–Crippen MR) is 106 cm³/mol. The molecule has 0 aliphatic heterocycles. The van der Waals surface area contributed by atoms with Gasteiger partial charge < -0.3 is 15.0 Å². The molecule has 0 radical (unpaired) electrons. The molecule has 29 heavy (non-hydrogen) atoms. The van der Waals surface area contributed by atoms with Gasteiger partial charge in [0.25, 0.3) is 0 Å². The summed E-state index contributed by atoms with van der Waals surface area (Å²) in [5.74, 6) is -3.64. The number of methoxy groups -OCH3 is 1. The Morgan fingerprint density at radius 1 is 1.14 bits per heavy atom. The molecule has 0 bridgehead atoms. The van der Waals surface area contributed by atoms with Crippen molar-refractivity contribution < 1.29 is 23.1 Å². The summed E-state index contributed by atoms with van der Waals surface area (Å²) < 4.78 is 31.0. The quantitative estimate of drug-likeness (QED) is 0.488. The number of ether oxygens (including phenoxy) is 1. The van der Waals surface area contributed by atoms with Gasteiger partial charge in [0, 0.05) is 17.1 Å². The molecular formula is C20H16F2N2O4S. The van der Waals surface area contributed by atoms with Crippen LogP contribution in [0.25, 0.3) is 10.9 Å². The van der Waals surface area contributed by atoms with Crippen molar-refractivity contribution in [3.05, 3.63) is 69.4 Å². The van der Waals surface area contributed by atoms with Gasteiger partial charge in [-0.25, -0.2) is 13.6 Å². The molecule has 0 spiro atoms. The van der Waals surface area contributed by atoms with Crippen molar-refractivity contribution in [3.8, 4) is 0 Å². The van der Waals surface area contributed by atoms with Gasteiger partial charge in [-0.05, 0) is 31.2 Å². The van der Waals surface area contributed by atoms with Crippen LogP contribution in [0.2, 0.25) is 0 Å². The van der Waals surface area contributed by atoms with Crippen LogP contribution in [0.5, 0.6) is 0 Å². The molecule has 0 atom stereocenters. The molecule has 0 unspecified atom stereocenters. The largest absolute Gasteiger partial charge is 0.465 e. The minimum Gasteiger partial charge on any atom is -0.465 e. The van der Waals surface area contributed by atoms with Crippen LogP contribution in [0.3, 0.4) is 0 Å². The second-order valence-corrected chi connectivity index (χ2v) is 7.15. The third-order valence-corrected chi connectivity index (χ3v) is 5.06. The van der Waals surface area contributed by atoms with Crippen molar-refractivity contribution in [2.75, 3.05) is 18.2 Å². The molecule has 150 valence electrons. The van der Waals surface area contributed by atoms with Gasteiger partial charge in [0.1, 0.15) is 5.56 Å². The highest BCUT2D eigenvalue weighted by Gasteiger charge is 2.21. The number of amides is 1. The third kappa shape index (κ3) is 4.45. The molecule has 2 aromatic carbocycles. The van der Waals surface area contributed by atoms with E-state index in [2.05, 4.69) is 10.3 Å². The van der Waals surface area contributed by atoms with Gasteiger partial charge in [-0.2, -0.15) is 0 Å². The first-order valence-corrected chi connectivity index (χ1v) is 9.41. The monoisotopic (exact) mass is 418 g/mol. The van der Waals surface area contributed by atoms with Gasteiger partial charge >= 0.3 is 5.97 Å². The first-order chi connectivity index (χ1) is 13.8. The number of hydrogen-bond acceptors (Lipinski definition) is 5. The van der Waals surface area contributed by atoms with Crippen LogP contribution in [0, 0.1) is 18.6 Å². The van der Waals surface area contributed by atoms with Crippen LogP contribution < -0.4 is 10.7 Å². The Labute approximate surface area is 168 Å². The number of nitrogens with one attached hydrogen (secondary N) is 2. The van der Waals surface area contributed by atoms with Crippen molar-refractivity contribution in [3.63, 3.8) is 0 Å². The zero-order valence-electron chi connectivity index (χ0n) is 15.5. The zero-order valence-corrected chi connectivity index (χ0v) is 16.3. The number of benzene rings is 2. The molecule has 1 amide bonds. The van der Waals surface area contributed by atoms with Gasteiger partial charge in [0.2, 0.25) is 11.3 Å². The van der Waals surface area contributed by atoms with Crippen LogP contribution in [0.1, 0.15) is 15.9 Å². The molecular weight excluding hydrogens is 402 g/mol. The van der Waals surface area contributed by atoms with E-state index in [1.807, 2.05) is 6.92 Å². The SMILES string of the molecule is COC(=O)c1c(SCC(=O)Nc2ccc(F)c(F)c2)[nH]c2ccc(C)cc2c1=O. The van der Waals surface area contributed by atoms with Crippen molar-refractivity contribution >= 4 is 40.2 Å². The maximum atomic E-state index is 13.3. The second-order valence-electron chi connectivity index (χ2n) is 6.16. The van der Waals surface area contributed by atoms with Gasteiger partial charge in [-0.15, -0.1) is 0 Å². The molecule has 1 aromatic heterocycles. The summed E-state index contributed by atoms with van der Waals surface area (Å²) in [5.41, 5.74) is 0.751. The molecule has 0 aliphatic carbocycles. The minimum atomic E-state index is -1.09. The summed E-state index contributed by atoms with van der Waals surface area (Å²) in [5, 5.41) is 2.94. The summed E-state index contributed by atoms with van der Waals surface area (Å²) in [6.07, 6.45) is 0. The number of halogens is 2. The van der Waals surface area contributed by atoms with E-state index in [1.54, 1.807) is 18.2 Å². The first kappa shape index (κ1) is 20.5. The molecule has 0 saturated heterocycles. The number of hydrogen-bond donors (Lipinski definition) is 2. The number of pyridine rings is 1. The Morgan fingerprint density at radius 2 is 1.90 bits per heavy atom. The number of thioether (sulfide) groups is 1. The molecule has 0 aliphatic rings. The Kier molecular flexibility index (Phi) is 5.97. The van der Waals surface area contributed by atoms with Gasteiger partial charge in [-0.3, -0.25) is 9.59 Å². The number of anilines is 1. The van der Waals surface area contributed by atoms with E-state index in [0.29, 0.717) is 10.9 Å². The fourth-order valence-corrected chi connectivity index (χ4v) is 3.53. The summed E-state index contributed by atoms with van der Waals surface area (Å²) in [6, 6.07) is 8.15. The lowest BCUT2D eigenvalue weighted by atomic mass is 10.1. The maximum absolute atomic E-state index is 13.3. The lowest BCUT2D eigenvalue weighted by Crippen LogP contribution is -2.20. The molecule has 0 fully saturated rings. The third-order valence-electron chi connectivity index (χ3n) is 4.06. The summed E-state index contributed by atoms with van der Waals surface area (Å²) in [4.78, 5) is 40.1. The number of aromatic nitrogens is 1. The fraction of sp³-hybridized carbons (Fsp3) is 0.150. The summed E-state index contributed by atoms with van der Waals surface area (Å²) >= 11 is 0.922. The lowest BCUT2D eigenvalue weighted by Gasteiger charge is -2.10. The Morgan fingerprint density at radius 3 is 2.59 bits per heavy atom. The van der Waals surface area contributed by atoms with E-state index < -0.39 is 28.9 Å². The highest BCUT2D eigenvalue weighted by atomic mass is 32.2. The van der Waals surface area contributed by atoms with Crippen molar-refractivity contribution in [1.82, 2.24) is 4.98 Å². The van der Waals surface area contributed by atoms with E-state index in [0.717, 1.165) is 36.6 Å². The predicted octanol–water partition coefficient (Wildman–Crippen LogP) is 3.63. The van der Waals surface area contributed by atoms with E-state index >= 15 is 0 Å². The average molecular weight is 418 g/mol. The second kappa shape index (κ2) is 8.44. The molecule has 3 rings (SSSR count). The van der Waals surface area contributed by atoms with Crippen LogP contribution in [-0.4, -0.2) is 29.7 Å². The Balaban J connectivity index is 1.87. The molecule has 0 saturated carbocycles. The van der Waals surface area contributed by atoms with Crippen LogP contribution in [-0.2, 0) is 9.53 Å². The maximum Gasteiger partial charge on any atom is 0.344 e. The topological polar surface area (TPSA) is 88.3 Å². The Hall–Kier alpha value is -3.20. The number of rotatable bonds is 5. The fourth-order valence-electron chi connectivity index (χ4n) is 2.68. The highest BCUT2D eigenvalue weighted by Crippen LogP contribution is 2.23. The van der Waals surface area contributed by atoms with Crippen molar-refractivity contribution in [1.29, 1.82) is 0 Å². The Bertz CT molecular complexity index is 1180. The zero-order chi connectivity index (χ0) is 21.1. The average Bonchev–Trinajstić information content (AvgIpc) is 2.69. The standard InChI is InChI=1S/C20H16F2N2O4S/c1-10-3-6-15-12(7-10)18(26)17(20(27)28-2)19(24-15)29-9-16(25)23-11-4-5-13(21)14(22)8-11/h3-8H,9H2,1-2H3,(H,23,25)(H,24,26). The number of aryl methyl sites for hydroxylation is 1. The molecule has 6 nitrogen and oxygen atoms in total. The number of aromatic amines is 1. The van der Waals surface area contributed by atoms with E-state index in [-0.39, 0.29) is 22.0 Å². The minimum absolute atomic E-state index is 0.0881. The number of H-pyrrole nitrogens is 1. The van der Waals surface area contributed by atoms with Crippen LogP contribution in [0.15, 0.2) is 46.2 Å².